The zero-order valence-corrected chi connectivity index (χ0v) is 9.62. The standard InChI is InChI=1S/C11H19NO3/c1-11(2,3)15-10(13)12(14)9-7-5-4-6-8-9/h7,14H,4-6,8H2,1-3H3. The fraction of sp³-hybridized carbons (Fsp3) is 0.727. The molecule has 0 spiro atoms. The topological polar surface area (TPSA) is 49.8 Å². The SMILES string of the molecule is CC(C)(C)OC(=O)N(O)C1=CCCCC1. The second-order valence-corrected chi connectivity index (χ2v) is 4.73. The van der Waals surface area contributed by atoms with Crippen molar-refractivity contribution in [3.05, 3.63) is 11.8 Å². The van der Waals surface area contributed by atoms with Crippen molar-refractivity contribution >= 4 is 6.09 Å². The highest BCUT2D eigenvalue weighted by Crippen LogP contribution is 2.21. The molecule has 0 unspecified atom stereocenters. The zero-order chi connectivity index (χ0) is 11.5. The lowest BCUT2D eigenvalue weighted by molar-refractivity contribution is -0.0732. The van der Waals surface area contributed by atoms with Crippen LogP contribution in [0.3, 0.4) is 0 Å². The van der Waals surface area contributed by atoms with Gasteiger partial charge in [0.15, 0.2) is 0 Å². The Labute approximate surface area is 90.5 Å². The normalized spacial score (nSPS) is 16.9. The Bertz CT molecular complexity index is 265. The first kappa shape index (κ1) is 12.0. The molecular formula is C11H19NO3. The molecule has 1 rings (SSSR count). The first-order valence-electron chi connectivity index (χ1n) is 5.31. The summed E-state index contributed by atoms with van der Waals surface area (Å²) in [4.78, 5) is 11.5. The van der Waals surface area contributed by atoms with E-state index in [9.17, 15) is 10.0 Å². The largest absolute Gasteiger partial charge is 0.442 e. The van der Waals surface area contributed by atoms with Crippen LogP contribution in [0.2, 0.25) is 0 Å². The molecule has 0 saturated heterocycles. The molecule has 1 aliphatic carbocycles. The lowest BCUT2D eigenvalue weighted by atomic mass is 10.1. The molecule has 1 N–H and O–H groups in total. The minimum Gasteiger partial charge on any atom is -0.442 e. The molecule has 15 heavy (non-hydrogen) atoms. The molecule has 4 nitrogen and oxygen atoms in total. The van der Waals surface area contributed by atoms with Gasteiger partial charge >= 0.3 is 6.09 Å². The third kappa shape index (κ3) is 3.91. The van der Waals surface area contributed by atoms with E-state index in [4.69, 9.17) is 4.74 Å². The number of ether oxygens (including phenoxy) is 1. The van der Waals surface area contributed by atoms with Gasteiger partial charge in [-0.3, -0.25) is 5.21 Å². The van der Waals surface area contributed by atoms with Crippen LogP contribution in [0.25, 0.3) is 0 Å². The second kappa shape index (κ2) is 4.66. The van der Waals surface area contributed by atoms with E-state index >= 15 is 0 Å². The van der Waals surface area contributed by atoms with Crippen LogP contribution in [0.1, 0.15) is 46.5 Å². The fourth-order valence-electron chi connectivity index (χ4n) is 1.44. The Hall–Kier alpha value is -1.03. The Morgan fingerprint density at radius 1 is 1.47 bits per heavy atom. The van der Waals surface area contributed by atoms with E-state index in [-0.39, 0.29) is 0 Å². The minimum absolute atomic E-state index is 0.576. The van der Waals surface area contributed by atoms with Crippen LogP contribution in [0.4, 0.5) is 4.79 Å². The van der Waals surface area contributed by atoms with Crippen molar-refractivity contribution in [3.63, 3.8) is 0 Å². The van der Waals surface area contributed by atoms with E-state index < -0.39 is 11.7 Å². The molecule has 0 aliphatic heterocycles. The first-order chi connectivity index (χ1) is 6.90. The molecule has 4 heteroatoms. The number of hydroxylamine groups is 2. The van der Waals surface area contributed by atoms with Gasteiger partial charge in [0, 0.05) is 5.70 Å². The summed E-state index contributed by atoms with van der Waals surface area (Å²) in [5, 5.41) is 10.2. The van der Waals surface area contributed by atoms with Crippen molar-refractivity contribution < 1.29 is 14.7 Å². The van der Waals surface area contributed by atoms with Crippen molar-refractivity contribution in [3.8, 4) is 0 Å². The summed E-state index contributed by atoms with van der Waals surface area (Å²) in [6.07, 6.45) is 4.95. The van der Waals surface area contributed by atoms with Crippen molar-refractivity contribution in [1.29, 1.82) is 0 Å². The molecule has 0 aromatic rings. The van der Waals surface area contributed by atoms with E-state index in [0.29, 0.717) is 10.8 Å². The molecule has 0 aromatic heterocycles. The molecule has 0 atom stereocenters. The summed E-state index contributed by atoms with van der Waals surface area (Å²) in [5.74, 6) is 0. The Kier molecular flexibility index (Phi) is 3.74. The number of amides is 1. The van der Waals surface area contributed by atoms with E-state index in [0.717, 1.165) is 25.7 Å². The highest BCUT2D eigenvalue weighted by Gasteiger charge is 2.23. The molecule has 0 bridgehead atoms. The predicted molar refractivity (Wildman–Crippen MR) is 56.4 cm³/mol. The van der Waals surface area contributed by atoms with Crippen molar-refractivity contribution in [1.82, 2.24) is 5.06 Å². The van der Waals surface area contributed by atoms with Gasteiger partial charge in [0.05, 0.1) is 0 Å². The van der Waals surface area contributed by atoms with Crippen LogP contribution < -0.4 is 0 Å². The van der Waals surface area contributed by atoms with Gasteiger partial charge in [-0.05, 0) is 46.5 Å². The maximum Gasteiger partial charge on any atom is 0.438 e. The van der Waals surface area contributed by atoms with Gasteiger partial charge in [-0.2, -0.15) is 5.06 Å². The van der Waals surface area contributed by atoms with Crippen LogP contribution in [0.5, 0.6) is 0 Å². The molecular weight excluding hydrogens is 194 g/mol. The highest BCUT2D eigenvalue weighted by molar-refractivity contribution is 5.68. The number of allylic oxidation sites excluding steroid dienone is 2. The van der Waals surface area contributed by atoms with Gasteiger partial charge < -0.3 is 4.74 Å². The average Bonchev–Trinajstić information content (AvgIpc) is 2.15. The molecule has 1 aliphatic rings. The quantitative estimate of drug-likeness (QED) is 0.538. The maximum absolute atomic E-state index is 11.5. The predicted octanol–water partition coefficient (Wildman–Crippen LogP) is 3.07. The van der Waals surface area contributed by atoms with Crippen LogP contribution in [0, 0.1) is 0 Å². The molecule has 0 heterocycles. The Morgan fingerprint density at radius 3 is 2.60 bits per heavy atom. The van der Waals surface area contributed by atoms with Crippen LogP contribution in [-0.4, -0.2) is 22.0 Å². The molecule has 1 amide bonds. The molecule has 86 valence electrons. The number of nitrogens with zero attached hydrogens (tertiary/aromatic N) is 1. The van der Waals surface area contributed by atoms with Crippen LogP contribution in [-0.2, 0) is 4.74 Å². The molecule has 0 radical (unpaired) electrons. The van der Waals surface area contributed by atoms with Gasteiger partial charge in [0.25, 0.3) is 0 Å². The molecule has 0 fully saturated rings. The summed E-state index contributed by atoms with van der Waals surface area (Å²) in [6.45, 7) is 5.32. The van der Waals surface area contributed by atoms with Gasteiger partial charge in [0.2, 0.25) is 0 Å². The summed E-state index contributed by atoms with van der Waals surface area (Å²) >= 11 is 0. The Morgan fingerprint density at radius 2 is 2.13 bits per heavy atom. The lowest BCUT2D eigenvalue weighted by Crippen LogP contribution is -2.34. The fourth-order valence-corrected chi connectivity index (χ4v) is 1.44. The Balaban J connectivity index is 2.56. The van der Waals surface area contributed by atoms with Gasteiger partial charge in [-0.15, -0.1) is 0 Å². The van der Waals surface area contributed by atoms with Crippen LogP contribution in [0.15, 0.2) is 11.8 Å². The monoisotopic (exact) mass is 213 g/mol. The number of hydrogen-bond acceptors (Lipinski definition) is 3. The summed E-state index contributed by atoms with van der Waals surface area (Å²) in [5.41, 5.74) is 0.0725. The molecule has 0 aromatic carbocycles. The maximum atomic E-state index is 11.5. The number of carbonyl (C=O) groups is 1. The second-order valence-electron chi connectivity index (χ2n) is 4.73. The number of carbonyl (C=O) groups excluding carboxylic acids is 1. The average molecular weight is 213 g/mol. The third-order valence-corrected chi connectivity index (χ3v) is 2.11. The van der Waals surface area contributed by atoms with Crippen molar-refractivity contribution in [2.75, 3.05) is 0 Å². The van der Waals surface area contributed by atoms with E-state index in [1.54, 1.807) is 20.8 Å². The van der Waals surface area contributed by atoms with Gasteiger partial charge in [-0.25, -0.2) is 4.79 Å². The zero-order valence-electron chi connectivity index (χ0n) is 9.62. The van der Waals surface area contributed by atoms with Crippen molar-refractivity contribution in [2.24, 2.45) is 0 Å². The summed E-state index contributed by atoms with van der Waals surface area (Å²) < 4.78 is 5.05. The van der Waals surface area contributed by atoms with Gasteiger partial charge in [0.1, 0.15) is 5.60 Å². The minimum atomic E-state index is -0.698. The summed E-state index contributed by atoms with van der Waals surface area (Å²) in [6, 6.07) is 0. The molecule has 0 saturated carbocycles. The number of hydrogen-bond donors (Lipinski definition) is 1. The highest BCUT2D eigenvalue weighted by atomic mass is 16.6. The van der Waals surface area contributed by atoms with Crippen LogP contribution >= 0.6 is 0 Å². The smallest absolute Gasteiger partial charge is 0.438 e. The van der Waals surface area contributed by atoms with Crippen molar-refractivity contribution in [2.45, 2.75) is 52.1 Å². The van der Waals surface area contributed by atoms with E-state index in [2.05, 4.69) is 0 Å². The van der Waals surface area contributed by atoms with E-state index in [1.165, 1.54) is 0 Å². The van der Waals surface area contributed by atoms with Gasteiger partial charge in [-0.1, -0.05) is 6.08 Å². The first-order valence-corrected chi connectivity index (χ1v) is 5.31. The third-order valence-electron chi connectivity index (χ3n) is 2.11. The lowest BCUT2D eigenvalue weighted by Gasteiger charge is -2.25. The summed E-state index contributed by atoms with van der Waals surface area (Å²) in [7, 11) is 0. The number of rotatable bonds is 1. The van der Waals surface area contributed by atoms with E-state index in [1.807, 2.05) is 6.08 Å².